The first-order chi connectivity index (χ1) is 13.4. The second-order valence-corrected chi connectivity index (χ2v) is 9.06. The molecule has 156 valence electrons. The predicted octanol–water partition coefficient (Wildman–Crippen LogP) is 3.84. The molecule has 1 saturated carbocycles. The van der Waals surface area contributed by atoms with Crippen LogP contribution in [0.15, 0.2) is 17.1 Å². The third kappa shape index (κ3) is 3.31. The van der Waals surface area contributed by atoms with Gasteiger partial charge in [-0.05, 0) is 5.41 Å². The maximum Gasteiger partial charge on any atom is 0.341 e. The highest BCUT2D eigenvalue weighted by molar-refractivity contribution is 6.34. The Bertz CT molecular complexity index is 1060. The number of fused-ring (bicyclic) bond motifs is 3. The lowest BCUT2D eigenvalue weighted by Crippen LogP contribution is -2.43. The van der Waals surface area contributed by atoms with Crippen LogP contribution in [0.2, 0.25) is 5.02 Å². The molecule has 4 rings (SSSR count). The lowest BCUT2D eigenvalue weighted by atomic mass is 9.85. The number of halogens is 3. The van der Waals surface area contributed by atoms with Gasteiger partial charge in [0.25, 0.3) is 11.8 Å². The highest BCUT2D eigenvalue weighted by Gasteiger charge is 2.48. The molecular formula is C19H20ClF2N3O4. The van der Waals surface area contributed by atoms with Crippen LogP contribution in [0.5, 0.6) is 5.88 Å². The summed E-state index contributed by atoms with van der Waals surface area (Å²) < 4.78 is 35.1. The Morgan fingerprint density at radius 2 is 2.03 bits per heavy atom. The summed E-state index contributed by atoms with van der Waals surface area (Å²) in [6, 6.07) is 1.00. The molecule has 10 heteroatoms. The molecule has 1 atom stereocenters. The topological polar surface area (TPSA) is 86.3 Å². The molecule has 0 aromatic carbocycles. The van der Waals surface area contributed by atoms with E-state index in [2.05, 4.69) is 5.10 Å². The Kier molecular flexibility index (Phi) is 4.31. The number of alkyl halides is 2. The minimum absolute atomic E-state index is 0.0398. The van der Waals surface area contributed by atoms with Gasteiger partial charge in [-0.1, -0.05) is 32.4 Å². The summed E-state index contributed by atoms with van der Waals surface area (Å²) in [6.45, 7) is 6.33. The molecule has 0 radical (unpaired) electrons. The first-order valence-electron chi connectivity index (χ1n) is 9.18. The highest BCUT2D eigenvalue weighted by Crippen LogP contribution is 2.46. The van der Waals surface area contributed by atoms with Crippen molar-refractivity contribution in [1.29, 1.82) is 0 Å². The van der Waals surface area contributed by atoms with E-state index in [1.54, 1.807) is 9.25 Å². The summed E-state index contributed by atoms with van der Waals surface area (Å²) in [5.41, 5.74) is -0.463. The van der Waals surface area contributed by atoms with Crippen molar-refractivity contribution in [1.82, 2.24) is 14.3 Å². The zero-order valence-electron chi connectivity index (χ0n) is 16.1. The van der Waals surface area contributed by atoms with Gasteiger partial charge < -0.3 is 14.4 Å². The van der Waals surface area contributed by atoms with Crippen molar-refractivity contribution >= 4 is 17.6 Å². The van der Waals surface area contributed by atoms with Gasteiger partial charge in [0.2, 0.25) is 0 Å². The number of rotatable bonds is 3. The Morgan fingerprint density at radius 3 is 2.59 bits per heavy atom. The molecule has 0 saturated heterocycles. The van der Waals surface area contributed by atoms with Gasteiger partial charge in [0.15, 0.2) is 5.43 Å². The number of carboxylic acid groups (broad SMARTS) is 1. The van der Waals surface area contributed by atoms with Crippen LogP contribution in [0.25, 0.3) is 11.4 Å². The molecule has 3 heterocycles. The van der Waals surface area contributed by atoms with Crippen LogP contribution >= 0.6 is 11.6 Å². The number of ether oxygens (including phenoxy) is 1. The maximum absolute atomic E-state index is 13.1. The normalized spacial score (nSPS) is 20.6. The molecule has 29 heavy (non-hydrogen) atoms. The number of hydrogen-bond acceptors (Lipinski definition) is 4. The van der Waals surface area contributed by atoms with Crippen LogP contribution in [0.4, 0.5) is 8.78 Å². The van der Waals surface area contributed by atoms with Crippen LogP contribution in [0.1, 0.15) is 50.0 Å². The third-order valence-electron chi connectivity index (χ3n) is 5.43. The number of carboxylic acids is 1. The fraction of sp³-hybridized carbons (Fsp3) is 0.526. The highest BCUT2D eigenvalue weighted by atomic mass is 35.5. The average molecular weight is 428 g/mol. The van der Waals surface area contributed by atoms with Crippen LogP contribution < -0.4 is 10.2 Å². The molecule has 1 aliphatic heterocycles. The van der Waals surface area contributed by atoms with Crippen molar-refractivity contribution in [2.75, 3.05) is 0 Å². The van der Waals surface area contributed by atoms with E-state index in [0.29, 0.717) is 17.9 Å². The lowest BCUT2D eigenvalue weighted by Gasteiger charge is -2.38. The van der Waals surface area contributed by atoms with Gasteiger partial charge >= 0.3 is 5.97 Å². The number of aromatic carboxylic acids is 1. The van der Waals surface area contributed by atoms with E-state index >= 15 is 0 Å². The summed E-state index contributed by atoms with van der Waals surface area (Å²) in [7, 11) is 0. The zero-order chi connectivity index (χ0) is 21.3. The van der Waals surface area contributed by atoms with Gasteiger partial charge in [-0.3, -0.25) is 9.48 Å². The van der Waals surface area contributed by atoms with E-state index < -0.39 is 36.3 Å². The predicted molar refractivity (Wildman–Crippen MR) is 101 cm³/mol. The van der Waals surface area contributed by atoms with Crippen molar-refractivity contribution in [3.05, 3.63) is 33.1 Å². The van der Waals surface area contributed by atoms with E-state index in [1.807, 2.05) is 20.8 Å². The molecule has 0 amide bonds. The molecule has 0 spiro atoms. The number of hydrogen-bond donors (Lipinski definition) is 1. The molecule has 1 aliphatic carbocycles. The second-order valence-electron chi connectivity index (χ2n) is 8.68. The van der Waals surface area contributed by atoms with E-state index in [1.165, 1.54) is 12.3 Å². The Balaban J connectivity index is 1.82. The van der Waals surface area contributed by atoms with Crippen LogP contribution in [0, 0.1) is 5.41 Å². The quantitative estimate of drug-likeness (QED) is 0.804. The van der Waals surface area contributed by atoms with E-state index in [0.717, 1.165) is 0 Å². The molecule has 0 bridgehead atoms. The van der Waals surface area contributed by atoms with Crippen molar-refractivity contribution < 1.29 is 23.4 Å². The monoisotopic (exact) mass is 427 g/mol. The number of carbonyl (C=O) groups is 1. The van der Waals surface area contributed by atoms with Gasteiger partial charge in [-0.2, -0.15) is 0 Å². The van der Waals surface area contributed by atoms with Crippen LogP contribution in [-0.4, -0.2) is 37.4 Å². The summed E-state index contributed by atoms with van der Waals surface area (Å²) in [5, 5.41) is 13.8. The third-order valence-corrected chi connectivity index (χ3v) is 5.77. The summed E-state index contributed by atoms with van der Waals surface area (Å²) >= 11 is 6.46. The smallest absolute Gasteiger partial charge is 0.341 e. The van der Waals surface area contributed by atoms with Gasteiger partial charge in [0.05, 0.1) is 18.3 Å². The summed E-state index contributed by atoms with van der Waals surface area (Å²) in [5.74, 6) is -4.00. The molecule has 1 N–H and O–H groups in total. The fourth-order valence-electron chi connectivity index (χ4n) is 3.82. The fourth-order valence-corrected chi connectivity index (χ4v) is 4.10. The minimum atomic E-state index is -2.74. The summed E-state index contributed by atoms with van der Waals surface area (Å²) in [4.78, 5) is 23.8. The summed E-state index contributed by atoms with van der Waals surface area (Å²) in [6.07, 6.45) is -0.132. The van der Waals surface area contributed by atoms with Crippen molar-refractivity contribution in [2.45, 2.75) is 58.2 Å². The Morgan fingerprint density at radius 1 is 1.38 bits per heavy atom. The molecule has 1 fully saturated rings. The van der Waals surface area contributed by atoms with Crippen LogP contribution in [0.3, 0.4) is 0 Å². The van der Waals surface area contributed by atoms with Crippen molar-refractivity contribution in [3.63, 3.8) is 0 Å². The van der Waals surface area contributed by atoms with E-state index in [4.69, 9.17) is 16.3 Å². The zero-order valence-corrected chi connectivity index (χ0v) is 16.8. The number of aromatic nitrogens is 3. The van der Waals surface area contributed by atoms with E-state index in [9.17, 15) is 23.5 Å². The second kappa shape index (κ2) is 6.29. The molecule has 7 nitrogen and oxygen atoms in total. The SMILES string of the molecule is CC(C)(C)[C@@H]1Cn2nc(OC3CC(F)(F)C3)c(Cl)c2-c2cc(=O)c(C(=O)O)cn21. The molecule has 0 unspecified atom stereocenters. The van der Waals surface area contributed by atoms with E-state index in [-0.39, 0.29) is 27.9 Å². The van der Waals surface area contributed by atoms with Crippen LogP contribution in [-0.2, 0) is 6.54 Å². The molecule has 2 aromatic rings. The first kappa shape index (κ1) is 19.9. The minimum Gasteiger partial charge on any atom is -0.477 e. The average Bonchev–Trinajstić information content (AvgIpc) is 2.87. The maximum atomic E-state index is 13.1. The largest absolute Gasteiger partial charge is 0.477 e. The standard InChI is InChI=1S/C19H20ClF2N3O4/c1-18(2,3)13-8-25-15(11-4-12(26)10(17(27)28)7-24(11)13)14(20)16(23-25)29-9-5-19(21,22)6-9/h4,7,9,13H,5-6,8H2,1-3H3,(H,27,28)/t13-/m0/s1. The Labute approximate surface area is 169 Å². The van der Waals surface area contributed by atoms with Crippen molar-refractivity contribution in [2.24, 2.45) is 5.41 Å². The van der Waals surface area contributed by atoms with Gasteiger partial charge in [0, 0.05) is 25.1 Å². The van der Waals surface area contributed by atoms with Gasteiger partial charge in [-0.25, -0.2) is 13.6 Å². The molecule has 2 aliphatic rings. The molecule has 2 aromatic heterocycles. The lowest BCUT2D eigenvalue weighted by molar-refractivity contribution is -0.135. The van der Waals surface area contributed by atoms with Crippen molar-refractivity contribution in [3.8, 4) is 17.3 Å². The van der Waals surface area contributed by atoms with Gasteiger partial charge in [0.1, 0.15) is 22.4 Å². The number of pyridine rings is 1. The Hall–Kier alpha value is -2.42. The first-order valence-corrected chi connectivity index (χ1v) is 9.56. The number of nitrogens with zero attached hydrogens (tertiary/aromatic N) is 3. The molecular weight excluding hydrogens is 408 g/mol. The van der Waals surface area contributed by atoms with Gasteiger partial charge in [-0.15, -0.1) is 5.10 Å².